The maximum atomic E-state index is 13.2. The lowest BCUT2D eigenvalue weighted by Gasteiger charge is -2.15. The van der Waals surface area contributed by atoms with Crippen LogP contribution in [0, 0.1) is 6.92 Å². The first-order valence-corrected chi connectivity index (χ1v) is 12.7. The zero-order valence-corrected chi connectivity index (χ0v) is 21.0. The molecule has 0 spiro atoms. The van der Waals surface area contributed by atoms with Crippen LogP contribution in [0.4, 0.5) is 11.4 Å². The summed E-state index contributed by atoms with van der Waals surface area (Å²) < 4.78 is 2.01. The van der Waals surface area contributed by atoms with Crippen molar-refractivity contribution in [3.05, 3.63) is 108 Å². The number of thioether (sulfide) groups is 1. The van der Waals surface area contributed by atoms with E-state index in [9.17, 15) is 4.79 Å². The van der Waals surface area contributed by atoms with Crippen LogP contribution in [0.1, 0.15) is 18.3 Å². The summed E-state index contributed by atoms with van der Waals surface area (Å²) in [7, 11) is 0. The van der Waals surface area contributed by atoms with Crippen LogP contribution in [0.25, 0.3) is 16.5 Å². The number of anilines is 2. The average molecular weight is 494 g/mol. The molecule has 180 valence electrons. The molecule has 0 aliphatic carbocycles. The number of benzene rings is 4. The SMILES string of the molecule is Cc1cccc(NCc2nnc(S[C@H](C)C(=O)Nc3cccc4ccccc34)n2-c2ccccc2)c1. The lowest BCUT2D eigenvalue weighted by atomic mass is 10.1. The number of aryl methyl sites for hydroxylation is 1. The molecule has 0 aliphatic heterocycles. The number of carbonyl (C=O) groups is 1. The predicted octanol–water partition coefficient (Wildman–Crippen LogP) is 6.46. The molecule has 7 heteroatoms. The minimum absolute atomic E-state index is 0.0848. The molecular weight excluding hydrogens is 466 g/mol. The smallest absolute Gasteiger partial charge is 0.237 e. The van der Waals surface area contributed by atoms with Crippen molar-refractivity contribution in [2.45, 2.75) is 30.8 Å². The van der Waals surface area contributed by atoms with Crippen molar-refractivity contribution < 1.29 is 4.79 Å². The molecule has 1 aromatic heterocycles. The number of para-hydroxylation sites is 1. The summed E-state index contributed by atoms with van der Waals surface area (Å²) in [5.74, 6) is 0.685. The molecule has 1 amide bonds. The van der Waals surface area contributed by atoms with Crippen LogP contribution in [0.5, 0.6) is 0 Å². The second-order valence-electron chi connectivity index (χ2n) is 8.57. The van der Waals surface area contributed by atoms with Gasteiger partial charge in [-0.3, -0.25) is 9.36 Å². The number of fused-ring (bicyclic) bond motifs is 1. The summed E-state index contributed by atoms with van der Waals surface area (Å²) in [5, 5.41) is 17.8. The number of carbonyl (C=O) groups excluding carboxylic acids is 1. The second-order valence-corrected chi connectivity index (χ2v) is 9.88. The van der Waals surface area contributed by atoms with Gasteiger partial charge in [0.2, 0.25) is 5.91 Å². The first-order valence-electron chi connectivity index (χ1n) is 11.8. The Morgan fingerprint density at radius 1 is 0.917 bits per heavy atom. The first kappa shape index (κ1) is 23.6. The fourth-order valence-electron chi connectivity index (χ4n) is 4.04. The van der Waals surface area contributed by atoms with E-state index < -0.39 is 0 Å². The summed E-state index contributed by atoms with van der Waals surface area (Å²) >= 11 is 1.39. The summed E-state index contributed by atoms with van der Waals surface area (Å²) in [4.78, 5) is 13.2. The molecule has 1 heterocycles. The standard InChI is InChI=1S/C29H27N5OS/c1-20-10-8-13-23(18-20)30-19-27-32-33-29(34(27)24-14-4-3-5-15-24)36-21(2)28(35)31-26-17-9-12-22-11-6-7-16-25(22)26/h3-18,21,30H,19H2,1-2H3,(H,31,35)/t21-/m1/s1. The Balaban J connectivity index is 1.37. The Labute approximate surface area is 214 Å². The van der Waals surface area contributed by atoms with Crippen molar-refractivity contribution in [2.24, 2.45) is 0 Å². The number of nitrogens with zero attached hydrogens (tertiary/aromatic N) is 3. The summed E-state index contributed by atoms with van der Waals surface area (Å²) in [6, 6.07) is 32.2. The van der Waals surface area contributed by atoms with E-state index in [1.807, 2.05) is 96.4 Å². The third-order valence-corrected chi connectivity index (χ3v) is 6.93. The van der Waals surface area contributed by atoms with Crippen LogP contribution in [-0.4, -0.2) is 25.9 Å². The summed E-state index contributed by atoms with van der Waals surface area (Å²) in [6.07, 6.45) is 0. The summed E-state index contributed by atoms with van der Waals surface area (Å²) in [5.41, 5.74) is 3.97. The van der Waals surface area contributed by atoms with Gasteiger partial charge in [0.1, 0.15) is 0 Å². The number of rotatable bonds is 8. The van der Waals surface area contributed by atoms with E-state index in [2.05, 4.69) is 39.9 Å². The van der Waals surface area contributed by atoms with Gasteiger partial charge in [0.15, 0.2) is 11.0 Å². The maximum absolute atomic E-state index is 13.2. The van der Waals surface area contributed by atoms with E-state index in [1.165, 1.54) is 17.3 Å². The van der Waals surface area contributed by atoms with Gasteiger partial charge >= 0.3 is 0 Å². The van der Waals surface area contributed by atoms with E-state index in [0.717, 1.165) is 33.7 Å². The normalized spacial score (nSPS) is 11.8. The molecule has 0 saturated heterocycles. The van der Waals surface area contributed by atoms with Crippen LogP contribution >= 0.6 is 11.8 Å². The van der Waals surface area contributed by atoms with Crippen molar-refractivity contribution in [3.63, 3.8) is 0 Å². The van der Waals surface area contributed by atoms with Gasteiger partial charge in [0, 0.05) is 22.4 Å². The Bertz CT molecular complexity index is 1490. The van der Waals surface area contributed by atoms with Crippen molar-refractivity contribution >= 4 is 39.8 Å². The van der Waals surface area contributed by atoms with E-state index in [0.29, 0.717) is 11.7 Å². The first-order chi connectivity index (χ1) is 17.6. The molecule has 0 fully saturated rings. The number of aromatic nitrogens is 3. The van der Waals surface area contributed by atoms with Gasteiger partial charge in [-0.25, -0.2) is 0 Å². The molecule has 0 bridgehead atoms. The van der Waals surface area contributed by atoms with Gasteiger partial charge in [0.05, 0.1) is 11.8 Å². The molecule has 2 N–H and O–H groups in total. The topological polar surface area (TPSA) is 71.8 Å². The minimum Gasteiger partial charge on any atom is -0.378 e. The monoisotopic (exact) mass is 493 g/mol. The highest BCUT2D eigenvalue weighted by Gasteiger charge is 2.21. The zero-order chi connectivity index (χ0) is 24.9. The van der Waals surface area contributed by atoms with Crippen molar-refractivity contribution in [3.8, 4) is 5.69 Å². The molecule has 4 aromatic carbocycles. The maximum Gasteiger partial charge on any atom is 0.237 e. The Kier molecular flexibility index (Phi) is 7.00. The number of amides is 1. The Morgan fingerprint density at radius 3 is 2.50 bits per heavy atom. The Hall–Kier alpha value is -4.10. The number of nitrogens with one attached hydrogen (secondary N) is 2. The van der Waals surface area contributed by atoms with Crippen LogP contribution in [0.15, 0.2) is 102 Å². The lowest BCUT2D eigenvalue weighted by Crippen LogP contribution is -2.23. The molecule has 0 saturated carbocycles. The van der Waals surface area contributed by atoms with Crippen molar-refractivity contribution in [1.29, 1.82) is 0 Å². The van der Waals surface area contributed by atoms with Gasteiger partial charge in [-0.15, -0.1) is 10.2 Å². The Morgan fingerprint density at radius 2 is 1.67 bits per heavy atom. The van der Waals surface area contributed by atoms with Crippen LogP contribution in [0.2, 0.25) is 0 Å². The number of hydrogen-bond donors (Lipinski definition) is 2. The predicted molar refractivity (Wildman–Crippen MR) is 148 cm³/mol. The van der Waals surface area contributed by atoms with E-state index in [1.54, 1.807) is 0 Å². The van der Waals surface area contributed by atoms with E-state index in [-0.39, 0.29) is 11.2 Å². The van der Waals surface area contributed by atoms with Crippen LogP contribution in [0.3, 0.4) is 0 Å². The van der Waals surface area contributed by atoms with Gasteiger partial charge in [0.25, 0.3) is 0 Å². The van der Waals surface area contributed by atoms with Crippen LogP contribution in [-0.2, 0) is 11.3 Å². The highest BCUT2D eigenvalue weighted by molar-refractivity contribution is 8.00. The van der Waals surface area contributed by atoms with Gasteiger partial charge in [-0.2, -0.15) is 0 Å². The third kappa shape index (κ3) is 5.26. The van der Waals surface area contributed by atoms with Crippen molar-refractivity contribution in [1.82, 2.24) is 14.8 Å². The van der Waals surface area contributed by atoms with Gasteiger partial charge < -0.3 is 10.6 Å². The minimum atomic E-state index is -0.381. The molecule has 6 nitrogen and oxygen atoms in total. The molecule has 0 radical (unpaired) electrons. The fourth-order valence-corrected chi connectivity index (χ4v) is 4.93. The molecule has 36 heavy (non-hydrogen) atoms. The largest absolute Gasteiger partial charge is 0.378 e. The molecule has 5 aromatic rings. The molecule has 5 rings (SSSR count). The zero-order valence-electron chi connectivity index (χ0n) is 20.2. The van der Waals surface area contributed by atoms with Gasteiger partial charge in [-0.1, -0.05) is 78.5 Å². The van der Waals surface area contributed by atoms with Crippen molar-refractivity contribution in [2.75, 3.05) is 10.6 Å². The van der Waals surface area contributed by atoms with E-state index >= 15 is 0 Å². The third-order valence-electron chi connectivity index (χ3n) is 5.88. The molecular formula is C29H27N5OS. The average Bonchev–Trinajstić information content (AvgIpc) is 3.30. The molecule has 1 atom stereocenters. The highest BCUT2D eigenvalue weighted by Crippen LogP contribution is 2.28. The molecule has 0 unspecified atom stereocenters. The fraction of sp³-hybridized carbons (Fsp3) is 0.138. The molecule has 0 aliphatic rings. The second kappa shape index (κ2) is 10.7. The van der Waals surface area contributed by atoms with Crippen LogP contribution < -0.4 is 10.6 Å². The van der Waals surface area contributed by atoms with E-state index in [4.69, 9.17) is 0 Å². The van der Waals surface area contributed by atoms with Gasteiger partial charge in [-0.05, 0) is 55.1 Å². The lowest BCUT2D eigenvalue weighted by molar-refractivity contribution is -0.115. The quantitative estimate of drug-likeness (QED) is 0.243. The highest BCUT2D eigenvalue weighted by atomic mass is 32.2. The number of hydrogen-bond acceptors (Lipinski definition) is 5. The summed E-state index contributed by atoms with van der Waals surface area (Å²) in [6.45, 7) is 4.46.